The van der Waals surface area contributed by atoms with E-state index in [1.54, 1.807) is 6.07 Å². The molecular weight excluding hydrogens is 226 g/mol. The summed E-state index contributed by atoms with van der Waals surface area (Å²) in [7, 11) is 4.18. The first-order valence-electron chi connectivity index (χ1n) is 4.95. The van der Waals surface area contributed by atoms with Crippen molar-refractivity contribution in [2.24, 2.45) is 0 Å². The van der Waals surface area contributed by atoms with Crippen molar-refractivity contribution in [2.75, 3.05) is 21.3 Å². The Labute approximate surface area is 99.1 Å². The molecule has 0 spiro atoms. The van der Waals surface area contributed by atoms with E-state index in [4.69, 9.17) is 9.47 Å². The maximum absolute atomic E-state index is 11.1. The third-order valence-corrected chi connectivity index (χ3v) is 2.24. The average molecular weight is 241 g/mol. The summed E-state index contributed by atoms with van der Waals surface area (Å²) in [6.45, 7) is 0. The molecule has 0 aliphatic carbocycles. The number of aromatic nitrogens is 1. The maximum atomic E-state index is 11.1. The zero-order valence-corrected chi connectivity index (χ0v) is 9.97. The molecule has 0 bridgehead atoms. The van der Waals surface area contributed by atoms with Crippen molar-refractivity contribution in [3.63, 3.8) is 0 Å². The van der Waals surface area contributed by atoms with Crippen LogP contribution < -0.4 is 9.47 Å². The normalized spacial score (nSPS) is 11.8. The molecule has 0 aromatic carbocycles. The first-order valence-corrected chi connectivity index (χ1v) is 4.95. The molecule has 1 atom stereocenters. The maximum Gasteiger partial charge on any atom is 0.335 e. The summed E-state index contributed by atoms with van der Waals surface area (Å²) < 4.78 is 14.5. The Morgan fingerprint density at radius 1 is 1.41 bits per heavy atom. The predicted octanol–water partition coefficient (Wildman–Crippen LogP) is 0.175. The van der Waals surface area contributed by atoms with Crippen molar-refractivity contribution >= 4 is 5.97 Å². The molecule has 1 heterocycles. The van der Waals surface area contributed by atoms with E-state index < -0.39 is 12.1 Å². The molecule has 94 valence electrons. The van der Waals surface area contributed by atoms with Gasteiger partial charge in [-0.1, -0.05) is 0 Å². The fourth-order valence-electron chi connectivity index (χ4n) is 1.35. The number of aliphatic hydroxyl groups excluding tert-OH is 1. The lowest BCUT2D eigenvalue weighted by Gasteiger charge is -2.12. The molecule has 1 N–H and O–H groups in total. The molecule has 1 aromatic heterocycles. The van der Waals surface area contributed by atoms with E-state index >= 15 is 0 Å². The van der Waals surface area contributed by atoms with Gasteiger partial charge in [0.2, 0.25) is 5.88 Å². The average Bonchev–Trinajstić information content (AvgIpc) is 2.37. The minimum atomic E-state index is -1.24. The number of pyridine rings is 1. The number of carbonyl (C=O) groups excluding carboxylic acids is 1. The molecule has 1 rings (SSSR count). The van der Waals surface area contributed by atoms with Gasteiger partial charge in [-0.25, -0.2) is 9.78 Å². The molecule has 6 nitrogen and oxygen atoms in total. The molecule has 0 aliphatic rings. The van der Waals surface area contributed by atoms with Crippen LogP contribution in [0.1, 0.15) is 5.56 Å². The van der Waals surface area contributed by atoms with Gasteiger partial charge in [0.05, 0.1) is 27.5 Å². The number of esters is 1. The highest BCUT2D eigenvalue weighted by molar-refractivity contribution is 5.74. The Morgan fingerprint density at radius 2 is 2.12 bits per heavy atom. The summed E-state index contributed by atoms with van der Waals surface area (Å²) in [5.74, 6) is 0.175. The molecule has 0 radical (unpaired) electrons. The Hall–Kier alpha value is -1.82. The van der Waals surface area contributed by atoms with Gasteiger partial charge in [0, 0.05) is 18.1 Å². The first-order chi connectivity index (χ1) is 8.12. The van der Waals surface area contributed by atoms with Crippen molar-refractivity contribution in [2.45, 2.75) is 12.5 Å². The second-order valence-electron chi connectivity index (χ2n) is 3.28. The van der Waals surface area contributed by atoms with Crippen LogP contribution in [0.4, 0.5) is 0 Å². The molecule has 1 aromatic rings. The second-order valence-corrected chi connectivity index (χ2v) is 3.28. The minimum absolute atomic E-state index is 0.0781. The van der Waals surface area contributed by atoms with E-state index in [1.165, 1.54) is 27.5 Å². The van der Waals surface area contributed by atoms with Crippen LogP contribution in [-0.2, 0) is 16.0 Å². The minimum Gasteiger partial charge on any atom is -0.495 e. The van der Waals surface area contributed by atoms with E-state index in [0.717, 1.165) is 0 Å². The molecule has 0 saturated carbocycles. The van der Waals surface area contributed by atoms with Gasteiger partial charge < -0.3 is 19.3 Å². The van der Waals surface area contributed by atoms with Crippen LogP contribution in [-0.4, -0.2) is 43.5 Å². The third kappa shape index (κ3) is 3.32. The number of hydrogen-bond acceptors (Lipinski definition) is 6. The fourth-order valence-corrected chi connectivity index (χ4v) is 1.35. The van der Waals surface area contributed by atoms with Crippen LogP contribution in [0.15, 0.2) is 12.3 Å². The molecule has 6 heteroatoms. The third-order valence-electron chi connectivity index (χ3n) is 2.24. The van der Waals surface area contributed by atoms with Gasteiger partial charge in [-0.05, 0) is 0 Å². The van der Waals surface area contributed by atoms with Gasteiger partial charge in [-0.2, -0.15) is 0 Å². The van der Waals surface area contributed by atoms with E-state index in [1.807, 2.05) is 0 Å². The van der Waals surface area contributed by atoms with E-state index in [0.29, 0.717) is 17.2 Å². The first kappa shape index (κ1) is 13.2. The molecule has 0 saturated heterocycles. The largest absolute Gasteiger partial charge is 0.495 e. The summed E-state index contributed by atoms with van der Waals surface area (Å²) in [6, 6.07) is 1.60. The summed E-state index contributed by atoms with van der Waals surface area (Å²) >= 11 is 0. The van der Waals surface area contributed by atoms with E-state index in [-0.39, 0.29) is 6.42 Å². The van der Waals surface area contributed by atoms with Gasteiger partial charge in [-0.3, -0.25) is 0 Å². The highest BCUT2D eigenvalue weighted by atomic mass is 16.5. The van der Waals surface area contributed by atoms with Crippen molar-refractivity contribution in [3.05, 3.63) is 17.8 Å². The Kier molecular flexibility index (Phi) is 4.71. The highest BCUT2D eigenvalue weighted by Crippen LogP contribution is 2.22. The monoisotopic (exact) mass is 241 g/mol. The molecular formula is C11H15NO5. The summed E-state index contributed by atoms with van der Waals surface area (Å²) in [6.07, 6.45) is 0.313. The summed E-state index contributed by atoms with van der Waals surface area (Å²) in [5.41, 5.74) is 0.622. The second kappa shape index (κ2) is 6.05. The highest BCUT2D eigenvalue weighted by Gasteiger charge is 2.18. The van der Waals surface area contributed by atoms with Crippen LogP contribution in [0, 0.1) is 0 Å². The summed E-state index contributed by atoms with van der Waals surface area (Å²) in [5, 5.41) is 9.56. The van der Waals surface area contributed by atoms with Crippen LogP contribution in [0.3, 0.4) is 0 Å². The summed E-state index contributed by atoms with van der Waals surface area (Å²) in [4.78, 5) is 15.1. The van der Waals surface area contributed by atoms with Gasteiger partial charge in [0.15, 0.2) is 6.10 Å². The number of hydrogen-bond donors (Lipinski definition) is 1. The number of nitrogens with zero attached hydrogens (tertiary/aromatic N) is 1. The number of rotatable bonds is 5. The van der Waals surface area contributed by atoms with Gasteiger partial charge in [0.1, 0.15) is 5.75 Å². The zero-order valence-electron chi connectivity index (χ0n) is 9.97. The van der Waals surface area contributed by atoms with Gasteiger partial charge >= 0.3 is 5.97 Å². The Balaban J connectivity index is 2.91. The topological polar surface area (TPSA) is 77.9 Å². The lowest BCUT2D eigenvalue weighted by Crippen LogP contribution is -2.24. The number of aliphatic hydroxyl groups is 1. The molecule has 0 aliphatic heterocycles. The predicted molar refractivity (Wildman–Crippen MR) is 59.1 cm³/mol. The number of methoxy groups -OCH3 is 3. The van der Waals surface area contributed by atoms with Gasteiger partial charge in [0.25, 0.3) is 0 Å². The molecule has 0 fully saturated rings. The Bertz CT molecular complexity index is 393. The van der Waals surface area contributed by atoms with E-state index in [2.05, 4.69) is 9.72 Å². The lowest BCUT2D eigenvalue weighted by atomic mass is 10.1. The van der Waals surface area contributed by atoms with Crippen LogP contribution in [0.2, 0.25) is 0 Å². The lowest BCUT2D eigenvalue weighted by molar-refractivity contribution is -0.150. The number of ether oxygens (including phenoxy) is 3. The molecule has 0 amide bonds. The van der Waals surface area contributed by atoms with Crippen molar-refractivity contribution < 1.29 is 24.1 Å². The zero-order chi connectivity index (χ0) is 12.8. The van der Waals surface area contributed by atoms with Gasteiger partial charge in [-0.15, -0.1) is 0 Å². The van der Waals surface area contributed by atoms with Crippen molar-refractivity contribution in [1.82, 2.24) is 4.98 Å². The Morgan fingerprint density at radius 3 is 2.65 bits per heavy atom. The quantitative estimate of drug-likeness (QED) is 0.741. The molecule has 17 heavy (non-hydrogen) atoms. The van der Waals surface area contributed by atoms with Crippen molar-refractivity contribution in [1.29, 1.82) is 0 Å². The smallest absolute Gasteiger partial charge is 0.335 e. The standard InChI is InChI=1S/C11H15NO5/c1-15-9-6-12-10(16-2)5-7(9)4-8(13)11(14)17-3/h5-6,8,13H,4H2,1-3H3. The molecule has 1 unspecified atom stereocenters. The van der Waals surface area contributed by atoms with Crippen LogP contribution in [0.5, 0.6) is 11.6 Å². The van der Waals surface area contributed by atoms with Crippen LogP contribution in [0.25, 0.3) is 0 Å². The van der Waals surface area contributed by atoms with E-state index in [9.17, 15) is 9.90 Å². The SMILES string of the molecule is COC(=O)C(O)Cc1cc(OC)ncc1OC. The van der Waals surface area contributed by atoms with Crippen molar-refractivity contribution in [3.8, 4) is 11.6 Å². The van der Waals surface area contributed by atoms with Crippen LogP contribution >= 0.6 is 0 Å². The number of carbonyl (C=O) groups is 1. The fraction of sp³-hybridized carbons (Fsp3) is 0.455.